The van der Waals surface area contributed by atoms with Gasteiger partial charge in [0, 0.05) is 23.1 Å². The van der Waals surface area contributed by atoms with Crippen LogP contribution in [0.3, 0.4) is 0 Å². The standard InChI is InChI=1S/C10H14NO3P/c1-8(2)15(3,14)10-6-4-5-9(7-10)11(12)13/h4-8H,1-3H3. The van der Waals surface area contributed by atoms with Crippen LogP contribution < -0.4 is 5.30 Å². The fraction of sp³-hybridized carbons (Fsp3) is 0.400. The minimum Gasteiger partial charge on any atom is -0.319 e. The smallest absolute Gasteiger partial charge is 0.270 e. The van der Waals surface area contributed by atoms with E-state index in [1.165, 1.54) is 12.1 Å². The molecule has 0 aliphatic rings. The molecule has 0 bridgehead atoms. The Hall–Kier alpha value is -1.15. The summed E-state index contributed by atoms with van der Waals surface area (Å²) in [5.41, 5.74) is -0.00488. The van der Waals surface area contributed by atoms with Gasteiger partial charge in [-0.3, -0.25) is 10.1 Å². The van der Waals surface area contributed by atoms with Crippen LogP contribution in [0.4, 0.5) is 5.69 Å². The number of nitro benzene ring substituents is 1. The van der Waals surface area contributed by atoms with Crippen molar-refractivity contribution >= 4 is 18.1 Å². The Morgan fingerprint density at radius 2 is 2.00 bits per heavy atom. The minimum absolute atomic E-state index is 0.000459. The van der Waals surface area contributed by atoms with E-state index in [0.29, 0.717) is 5.30 Å². The van der Waals surface area contributed by atoms with Crippen LogP contribution in [0.15, 0.2) is 24.3 Å². The van der Waals surface area contributed by atoms with E-state index in [9.17, 15) is 14.7 Å². The van der Waals surface area contributed by atoms with Crippen molar-refractivity contribution < 1.29 is 9.49 Å². The third-order valence-electron chi connectivity index (χ3n) is 2.54. The number of non-ortho nitro benzene ring substituents is 1. The summed E-state index contributed by atoms with van der Waals surface area (Å²) < 4.78 is 12.3. The van der Waals surface area contributed by atoms with Crippen molar-refractivity contribution in [3.63, 3.8) is 0 Å². The Morgan fingerprint density at radius 3 is 2.47 bits per heavy atom. The van der Waals surface area contributed by atoms with E-state index >= 15 is 0 Å². The molecule has 0 aliphatic heterocycles. The molecule has 82 valence electrons. The zero-order valence-electron chi connectivity index (χ0n) is 9.01. The monoisotopic (exact) mass is 227 g/mol. The maximum absolute atomic E-state index is 12.3. The van der Waals surface area contributed by atoms with Gasteiger partial charge in [0.1, 0.15) is 7.14 Å². The Morgan fingerprint density at radius 1 is 1.40 bits per heavy atom. The second-order valence-corrected chi connectivity index (χ2v) is 7.39. The molecule has 15 heavy (non-hydrogen) atoms. The average molecular weight is 227 g/mol. The summed E-state index contributed by atoms with van der Waals surface area (Å²) in [6, 6.07) is 6.07. The van der Waals surface area contributed by atoms with Crippen LogP contribution in [0.25, 0.3) is 0 Å². The first kappa shape index (κ1) is 11.9. The normalized spacial score (nSPS) is 14.9. The lowest BCUT2D eigenvalue weighted by atomic mass is 10.3. The van der Waals surface area contributed by atoms with Crippen LogP contribution in [0, 0.1) is 10.1 Å². The van der Waals surface area contributed by atoms with Gasteiger partial charge in [-0.2, -0.15) is 0 Å². The summed E-state index contributed by atoms with van der Waals surface area (Å²) in [5, 5.41) is 11.1. The van der Waals surface area contributed by atoms with Crippen LogP contribution in [0.5, 0.6) is 0 Å². The fourth-order valence-corrected chi connectivity index (χ4v) is 2.55. The van der Waals surface area contributed by atoms with E-state index in [1.807, 2.05) is 13.8 Å². The molecule has 0 aromatic heterocycles. The predicted octanol–water partition coefficient (Wildman–Crippen LogP) is 2.62. The first-order chi connectivity index (χ1) is 6.85. The topological polar surface area (TPSA) is 60.2 Å². The highest BCUT2D eigenvalue weighted by Crippen LogP contribution is 2.45. The van der Waals surface area contributed by atoms with Gasteiger partial charge in [0.05, 0.1) is 4.92 Å². The third kappa shape index (κ3) is 2.45. The molecule has 0 amide bonds. The molecule has 0 saturated carbocycles. The van der Waals surface area contributed by atoms with E-state index in [1.54, 1.807) is 18.8 Å². The summed E-state index contributed by atoms with van der Waals surface area (Å²) in [4.78, 5) is 10.1. The van der Waals surface area contributed by atoms with Gasteiger partial charge < -0.3 is 4.57 Å². The van der Waals surface area contributed by atoms with Gasteiger partial charge in [0.2, 0.25) is 0 Å². The van der Waals surface area contributed by atoms with E-state index < -0.39 is 12.1 Å². The Kier molecular flexibility index (Phi) is 3.30. The molecule has 5 heteroatoms. The van der Waals surface area contributed by atoms with Gasteiger partial charge in [-0.1, -0.05) is 26.0 Å². The molecule has 1 aromatic carbocycles. The van der Waals surface area contributed by atoms with Gasteiger partial charge in [0.25, 0.3) is 5.69 Å². The molecule has 0 saturated heterocycles. The number of rotatable bonds is 3. The lowest BCUT2D eigenvalue weighted by Crippen LogP contribution is -2.11. The summed E-state index contributed by atoms with van der Waals surface area (Å²) in [7, 11) is -2.49. The van der Waals surface area contributed by atoms with Gasteiger partial charge >= 0.3 is 0 Å². The Bertz CT molecular complexity index is 428. The van der Waals surface area contributed by atoms with Crippen molar-refractivity contribution in [3.05, 3.63) is 34.4 Å². The number of nitro groups is 1. The number of nitrogens with zero attached hydrogens (tertiary/aromatic N) is 1. The van der Waals surface area contributed by atoms with Crippen molar-refractivity contribution in [1.82, 2.24) is 0 Å². The van der Waals surface area contributed by atoms with Crippen LogP contribution in [0.1, 0.15) is 13.8 Å². The Balaban J connectivity index is 3.22. The maximum atomic E-state index is 12.3. The van der Waals surface area contributed by atoms with Crippen LogP contribution >= 0.6 is 7.14 Å². The lowest BCUT2D eigenvalue weighted by Gasteiger charge is -2.16. The molecule has 0 fully saturated rings. The van der Waals surface area contributed by atoms with E-state index in [0.717, 1.165) is 0 Å². The number of hydrogen-bond donors (Lipinski definition) is 0. The lowest BCUT2D eigenvalue weighted by molar-refractivity contribution is -0.384. The highest BCUT2D eigenvalue weighted by molar-refractivity contribution is 7.71. The molecule has 1 unspecified atom stereocenters. The highest BCUT2D eigenvalue weighted by Gasteiger charge is 2.24. The SMILES string of the molecule is CC(C)P(C)(=O)c1cccc([N+](=O)[O-])c1. The molecular formula is C10H14NO3P. The second kappa shape index (κ2) is 4.15. The average Bonchev–Trinajstić information content (AvgIpc) is 2.17. The van der Waals surface area contributed by atoms with Crippen molar-refractivity contribution in [2.45, 2.75) is 19.5 Å². The van der Waals surface area contributed by atoms with Crippen LogP contribution in [-0.4, -0.2) is 17.2 Å². The molecule has 0 heterocycles. The quantitative estimate of drug-likeness (QED) is 0.453. The summed E-state index contributed by atoms with van der Waals surface area (Å²) in [6.07, 6.45) is 0. The first-order valence-electron chi connectivity index (χ1n) is 4.68. The number of benzene rings is 1. The van der Waals surface area contributed by atoms with Gasteiger partial charge in [-0.05, 0) is 6.66 Å². The minimum atomic E-state index is -2.49. The first-order valence-corrected chi connectivity index (χ1v) is 6.90. The highest BCUT2D eigenvalue weighted by atomic mass is 31.2. The third-order valence-corrected chi connectivity index (χ3v) is 5.81. The van der Waals surface area contributed by atoms with Crippen molar-refractivity contribution in [2.24, 2.45) is 0 Å². The molecule has 1 aromatic rings. The molecule has 0 spiro atoms. The van der Waals surface area contributed by atoms with E-state index in [4.69, 9.17) is 0 Å². The summed E-state index contributed by atoms with van der Waals surface area (Å²) in [5.74, 6) is 0. The zero-order chi connectivity index (χ0) is 11.6. The fourth-order valence-electron chi connectivity index (χ4n) is 1.18. The van der Waals surface area contributed by atoms with Crippen LogP contribution in [0.2, 0.25) is 0 Å². The summed E-state index contributed by atoms with van der Waals surface area (Å²) in [6.45, 7) is 5.38. The molecular weight excluding hydrogens is 213 g/mol. The Labute approximate surface area is 88.8 Å². The largest absolute Gasteiger partial charge is 0.319 e. The van der Waals surface area contributed by atoms with Gasteiger partial charge in [-0.25, -0.2) is 0 Å². The molecule has 1 rings (SSSR count). The molecule has 0 N–H and O–H groups in total. The van der Waals surface area contributed by atoms with Gasteiger partial charge in [0.15, 0.2) is 0 Å². The van der Waals surface area contributed by atoms with Crippen molar-refractivity contribution in [2.75, 3.05) is 6.66 Å². The maximum Gasteiger partial charge on any atom is 0.270 e. The van der Waals surface area contributed by atoms with Gasteiger partial charge in [-0.15, -0.1) is 0 Å². The molecule has 0 aliphatic carbocycles. The van der Waals surface area contributed by atoms with E-state index in [2.05, 4.69) is 0 Å². The van der Waals surface area contributed by atoms with Crippen LogP contribution in [-0.2, 0) is 4.57 Å². The molecule has 4 nitrogen and oxygen atoms in total. The summed E-state index contributed by atoms with van der Waals surface area (Å²) >= 11 is 0. The van der Waals surface area contributed by atoms with Crippen molar-refractivity contribution in [1.29, 1.82) is 0 Å². The molecule has 0 radical (unpaired) electrons. The zero-order valence-corrected chi connectivity index (χ0v) is 9.90. The predicted molar refractivity (Wildman–Crippen MR) is 61.4 cm³/mol. The number of hydrogen-bond acceptors (Lipinski definition) is 3. The van der Waals surface area contributed by atoms with E-state index in [-0.39, 0.29) is 11.3 Å². The second-order valence-electron chi connectivity index (χ2n) is 3.86. The molecule has 1 atom stereocenters. The van der Waals surface area contributed by atoms with Crippen molar-refractivity contribution in [3.8, 4) is 0 Å².